The van der Waals surface area contributed by atoms with Crippen LogP contribution in [0.4, 0.5) is 0 Å². The second kappa shape index (κ2) is 4.26. The third kappa shape index (κ3) is 1.88. The maximum atomic E-state index is 4.13. The van der Waals surface area contributed by atoms with Gasteiger partial charge in [0, 0.05) is 0 Å². The van der Waals surface area contributed by atoms with E-state index in [1.807, 2.05) is 11.7 Å². The highest BCUT2D eigenvalue weighted by atomic mass is 15.6. The predicted molar refractivity (Wildman–Crippen MR) is 57.3 cm³/mol. The van der Waals surface area contributed by atoms with Crippen molar-refractivity contribution in [3.05, 3.63) is 5.82 Å². The van der Waals surface area contributed by atoms with Gasteiger partial charge in [0.2, 0.25) is 0 Å². The molecule has 1 aromatic rings. The highest BCUT2D eigenvalue weighted by molar-refractivity contribution is 4.93. The lowest BCUT2D eigenvalue weighted by Gasteiger charge is -2.18. The lowest BCUT2D eigenvalue weighted by atomic mass is 10.1. The van der Waals surface area contributed by atoms with Crippen molar-refractivity contribution in [2.45, 2.75) is 45.2 Å². The summed E-state index contributed by atoms with van der Waals surface area (Å²) in [6, 6.07) is 0.707. The molecule has 5 nitrogen and oxygen atoms in total. The third-order valence-corrected chi connectivity index (χ3v) is 3.47. The Labute approximate surface area is 90.2 Å². The van der Waals surface area contributed by atoms with E-state index in [4.69, 9.17) is 0 Å². The smallest absolute Gasteiger partial charge is 0.168 e. The molecule has 3 atom stereocenters. The Hall–Kier alpha value is -0.970. The van der Waals surface area contributed by atoms with Gasteiger partial charge < -0.3 is 5.32 Å². The molecular weight excluding hydrogens is 190 g/mol. The summed E-state index contributed by atoms with van der Waals surface area (Å²) in [5.41, 5.74) is 0. The first-order chi connectivity index (χ1) is 7.24. The molecular formula is C10H19N5. The zero-order valence-electron chi connectivity index (χ0n) is 9.64. The summed E-state index contributed by atoms with van der Waals surface area (Å²) in [4.78, 5) is 0. The van der Waals surface area contributed by atoms with Crippen molar-refractivity contribution in [3.63, 3.8) is 0 Å². The van der Waals surface area contributed by atoms with Crippen LogP contribution in [-0.2, 0) is 0 Å². The molecule has 1 fully saturated rings. The Bertz CT molecular complexity index is 321. The highest BCUT2D eigenvalue weighted by Gasteiger charge is 2.29. The molecule has 15 heavy (non-hydrogen) atoms. The van der Waals surface area contributed by atoms with Gasteiger partial charge in [-0.2, -0.15) is 0 Å². The third-order valence-electron chi connectivity index (χ3n) is 3.47. The summed E-state index contributed by atoms with van der Waals surface area (Å²) in [7, 11) is 1.93. The standard InChI is InChI=1S/C10H19N5/c1-7-5-4-6-9(7)15-10(8(2)11-3)12-13-14-15/h7-9,11H,4-6H2,1-3H3. The molecule has 2 rings (SSSR count). The number of hydrogen-bond acceptors (Lipinski definition) is 4. The molecule has 84 valence electrons. The second-order valence-electron chi connectivity index (χ2n) is 4.47. The normalized spacial score (nSPS) is 28.2. The maximum Gasteiger partial charge on any atom is 0.168 e. The van der Waals surface area contributed by atoms with Crippen molar-refractivity contribution in [1.29, 1.82) is 0 Å². The molecule has 0 spiro atoms. The Morgan fingerprint density at radius 2 is 2.27 bits per heavy atom. The van der Waals surface area contributed by atoms with E-state index in [1.54, 1.807) is 0 Å². The first kappa shape index (κ1) is 10.5. The van der Waals surface area contributed by atoms with Gasteiger partial charge in [0.1, 0.15) is 0 Å². The molecule has 0 aromatic carbocycles. The monoisotopic (exact) mass is 209 g/mol. The molecule has 1 aliphatic rings. The van der Waals surface area contributed by atoms with Gasteiger partial charge in [0.25, 0.3) is 0 Å². The van der Waals surface area contributed by atoms with Crippen LogP contribution in [0, 0.1) is 5.92 Å². The molecule has 0 radical (unpaired) electrons. The maximum absolute atomic E-state index is 4.13. The van der Waals surface area contributed by atoms with Crippen molar-refractivity contribution < 1.29 is 0 Å². The molecule has 0 bridgehead atoms. The van der Waals surface area contributed by atoms with E-state index in [1.165, 1.54) is 19.3 Å². The van der Waals surface area contributed by atoms with Crippen LogP contribution in [0.15, 0.2) is 0 Å². The van der Waals surface area contributed by atoms with E-state index in [9.17, 15) is 0 Å². The highest BCUT2D eigenvalue weighted by Crippen LogP contribution is 2.35. The van der Waals surface area contributed by atoms with E-state index in [0.717, 1.165) is 5.82 Å². The quantitative estimate of drug-likeness (QED) is 0.815. The molecule has 5 heteroatoms. The Morgan fingerprint density at radius 1 is 1.47 bits per heavy atom. The molecule has 0 amide bonds. The fourth-order valence-electron chi connectivity index (χ4n) is 2.34. The van der Waals surface area contributed by atoms with Gasteiger partial charge >= 0.3 is 0 Å². The Morgan fingerprint density at radius 3 is 2.87 bits per heavy atom. The van der Waals surface area contributed by atoms with Crippen molar-refractivity contribution >= 4 is 0 Å². The van der Waals surface area contributed by atoms with Crippen LogP contribution in [0.1, 0.15) is 51.0 Å². The number of hydrogen-bond donors (Lipinski definition) is 1. The van der Waals surface area contributed by atoms with E-state index in [2.05, 4.69) is 34.7 Å². The topological polar surface area (TPSA) is 55.6 Å². The van der Waals surface area contributed by atoms with Crippen LogP contribution < -0.4 is 5.32 Å². The number of aromatic nitrogens is 4. The van der Waals surface area contributed by atoms with Crippen LogP contribution in [0.5, 0.6) is 0 Å². The van der Waals surface area contributed by atoms with Crippen LogP contribution in [0.3, 0.4) is 0 Å². The van der Waals surface area contributed by atoms with Crippen LogP contribution in [-0.4, -0.2) is 27.3 Å². The minimum atomic E-state index is 0.216. The summed E-state index contributed by atoms with van der Waals surface area (Å²) < 4.78 is 2.01. The fourth-order valence-corrected chi connectivity index (χ4v) is 2.34. The number of nitrogens with one attached hydrogen (secondary N) is 1. The SMILES string of the molecule is CNC(C)c1nnnn1C1CCCC1C. The van der Waals surface area contributed by atoms with Crippen LogP contribution in [0.2, 0.25) is 0 Å². The van der Waals surface area contributed by atoms with E-state index >= 15 is 0 Å². The number of rotatable bonds is 3. The van der Waals surface area contributed by atoms with Gasteiger partial charge in [-0.15, -0.1) is 5.10 Å². The minimum absolute atomic E-state index is 0.216. The predicted octanol–water partition coefficient (Wildman–Crippen LogP) is 1.31. The number of tetrazole rings is 1. The molecule has 1 saturated carbocycles. The van der Waals surface area contributed by atoms with Crippen molar-refractivity contribution in [3.8, 4) is 0 Å². The van der Waals surface area contributed by atoms with Gasteiger partial charge in [0.15, 0.2) is 5.82 Å². The van der Waals surface area contributed by atoms with Gasteiger partial charge in [-0.05, 0) is 43.2 Å². The average Bonchev–Trinajstić information content (AvgIpc) is 2.84. The lowest BCUT2D eigenvalue weighted by Crippen LogP contribution is -2.22. The largest absolute Gasteiger partial charge is 0.311 e. The van der Waals surface area contributed by atoms with E-state index < -0.39 is 0 Å². The lowest BCUT2D eigenvalue weighted by molar-refractivity contribution is 0.347. The molecule has 1 aromatic heterocycles. The molecule has 1 N–H and O–H groups in total. The van der Waals surface area contributed by atoms with Gasteiger partial charge in [-0.1, -0.05) is 13.3 Å². The van der Waals surface area contributed by atoms with Crippen LogP contribution in [0.25, 0.3) is 0 Å². The van der Waals surface area contributed by atoms with Gasteiger partial charge in [-0.3, -0.25) is 0 Å². The Balaban J connectivity index is 2.24. The fraction of sp³-hybridized carbons (Fsp3) is 0.900. The first-order valence-corrected chi connectivity index (χ1v) is 5.69. The van der Waals surface area contributed by atoms with Crippen LogP contribution >= 0.6 is 0 Å². The summed E-state index contributed by atoms with van der Waals surface area (Å²) in [5.74, 6) is 1.65. The second-order valence-corrected chi connectivity index (χ2v) is 4.47. The van der Waals surface area contributed by atoms with E-state index in [0.29, 0.717) is 12.0 Å². The van der Waals surface area contributed by atoms with Crippen molar-refractivity contribution in [1.82, 2.24) is 25.5 Å². The van der Waals surface area contributed by atoms with Crippen molar-refractivity contribution in [2.75, 3.05) is 7.05 Å². The van der Waals surface area contributed by atoms with E-state index in [-0.39, 0.29) is 6.04 Å². The summed E-state index contributed by atoms with van der Waals surface area (Å²) in [6.07, 6.45) is 3.78. The summed E-state index contributed by atoms with van der Waals surface area (Å²) >= 11 is 0. The minimum Gasteiger partial charge on any atom is -0.311 e. The molecule has 3 unspecified atom stereocenters. The first-order valence-electron chi connectivity index (χ1n) is 5.69. The summed E-state index contributed by atoms with van der Waals surface area (Å²) in [5, 5.41) is 15.2. The van der Waals surface area contributed by atoms with Crippen molar-refractivity contribution in [2.24, 2.45) is 5.92 Å². The Kier molecular flexibility index (Phi) is 3.00. The number of nitrogens with zero attached hydrogens (tertiary/aromatic N) is 4. The van der Waals surface area contributed by atoms with Gasteiger partial charge in [-0.25, -0.2) is 4.68 Å². The average molecular weight is 209 g/mol. The zero-order chi connectivity index (χ0) is 10.8. The zero-order valence-corrected chi connectivity index (χ0v) is 9.64. The molecule has 0 aliphatic heterocycles. The summed E-state index contributed by atoms with van der Waals surface area (Å²) in [6.45, 7) is 4.37. The molecule has 1 aliphatic carbocycles. The molecule has 1 heterocycles. The van der Waals surface area contributed by atoms with Gasteiger partial charge in [0.05, 0.1) is 12.1 Å². The molecule has 0 saturated heterocycles.